The van der Waals surface area contributed by atoms with Crippen LogP contribution in [0.5, 0.6) is 17.4 Å². The second kappa shape index (κ2) is 10.2. The second-order valence-corrected chi connectivity index (χ2v) is 10.2. The topological polar surface area (TPSA) is 73.1 Å². The molecule has 0 unspecified atom stereocenters. The monoisotopic (exact) mass is 529 g/mol. The molecule has 186 valence electrons. The average Bonchev–Trinajstić information content (AvgIpc) is 3.15. The number of aryl methyl sites for hydroxylation is 2. The molecule has 5 rings (SSSR count). The van der Waals surface area contributed by atoms with Crippen LogP contribution < -0.4 is 15.0 Å². The molecule has 2 aromatic carbocycles. The number of pyridine rings is 1. The second-order valence-electron chi connectivity index (χ2n) is 8.56. The third-order valence-electron chi connectivity index (χ3n) is 5.90. The molecule has 0 bridgehead atoms. The molecule has 1 amide bonds. The molecule has 3 heterocycles. The summed E-state index contributed by atoms with van der Waals surface area (Å²) in [4.78, 5) is 33.5. The van der Waals surface area contributed by atoms with E-state index < -0.39 is 0 Å². The summed E-state index contributed by atoms with van der Waals surface area (Å²) >= 11 is 6.66. The maximum absolute atomic E-state index is 13.6. The summed E-state index contributed by atoms with van der Waals surface area (Å²) in [6, 6.07) is 18.6. The minimum atomic E-state index is -0.336. The zero-order chi connectivity index (χ0) is 26.1. The van der Waals surface area contributed by atoms with Crippen molar-refractivity contribution in [3.63, 3.8) is 0 Å². The van der Waals surface area contributed by atoms with E-state index in [1.165, 1.54) is 15.4 Å². The summed E-state index contributed by atoms with van der Waals surface area (Å²) in [5.41, 5.74) is 3.06. The lowest BCUT2D eigenvalue weighted by molar-refractivity contribution is -0.122. The van der Waals surface area contributed by atoms with E-state index in [4.69, 9.17) is 21.7 Å². The fraction of sp³-hybridized carbons (Fsp3) is 0.143. The van der Waals surface area contributed by atoms with Crippen LogP contribution in [0.1, 0.15) is 22.3 Å². The van der Waals surface area contributed by atoms with Crippen molar-refractivity contribution < 1.29 is 14.3 Å². The van der Waals surface area contributed by atoms with Crippen LogP contribution in [0.2, 0.25) is 0 Å². The molecule has 1 aliphatic rings. The van der Waals surface area contributed by atoms with E-state index in [1.807, 2.05) is 62.4 Å². The van der Waals surface area contributed by atoms with Gasteiger partial charge in [0.1, 0.15) is 27.0 Å². The summed E-state index contributed by atoms with van der Waals surface area (Å²) in [7, 11) is 1.60. The fourth-order valence-corrected chi connectivity index (χ4v) is 5.20. The lowest BCUT2D eigenvalue weighted by Crippen LogP contribution is -2.27. The summed E-state index contributed by atoms with van der Waals surface area (Å²) < 4.78 is 13.2. The highest BCUT2D eigenvalue weighted by Gasteiger charge is 2.33. The van der Waals surface area contributed by atoms with Gasteiger partial charge in [0, 0.05) is 6.20 Å². The number of carbonyl (C=O) groups excluding carboxylic acids is 1. The predicted molar refractivity (Wildman–Crippen MR) is 149 cm³/mol. The van der Waals surface area contributed by atoms with Gasteiger partial charge in [-0.25, -0.2) is 0 Å². The van der Waals surface area contributed by atoms with Gasteiger partial charge in [-0.3, -0.25) is 18.9 Å². The number of hydrogen-bond acceptors (Lipinski definition) is 7. The Bertz CT molecular complexity index is 1630. The van der Waals surface area contributed by atoms with Crippen LogP contribution in [0.15, 0.2) is 76.6 Å². The Hall–Kier alpha value is -3.95. The third-order valence-corrected chi connectivity index (χ3v) is 7.28. The summed E-state index contributed by atoms with van der Waals surface area (Å²) in [5, 5.41) is 0. The Morgan fingerprint density at radius 2 is 1.81 bits per heavy atom. The molecule has 0 saturated carbocycles. The summed E-state index contributed by atoms with van der Waals surface area (Å²) in [6.07, 6.45) is 3.18. The van der Waals surface area contributed by atoms with Crippen LogP contribution in [0.4, 0.5) is 0 Å². The molecule has 0 spiro atoms. The molecule has 4 aromatic rings. The van der Waals surface area contributed by atoms with Gasteiger partial charge in [0.15, 0.2) is 0 Å². The fourth-order valence-electron chi connectivity index (χ4n) is 3.96. The Morgan fingerprint density at radius 1 is 1.03 bits per heavy atom. The smallest absolute Gasteiger partial charge is 0.269 e. The first-order valence-corrected chi connectivity index (χ1v) is 12.7. The van der Waals surface area contributed by atoms with Gasteiger partial charge in [-0.1, -0.05) is 54.3 Å². The van der Waals surface area contributed by atoms with E-state index in [-0.39, 0.29) is 22.9 Å². The van der Waals surface area contributed by atoms with Crippen molar-refractivity contribution >= 4 is 45.9 Å². The lowest BCUT2D eigenvalue weighted by atomic mass is 10.2. The van der Waals surface area contributed by atoms with Gasteiger partial charge in [-0.15, -0.1) is 0 Å². The Balaban J connectivity index is 1.55. The molecule has 1 saturated heterocycles. The van der Waals surface area contributed by atoms with Crippen LogP contribution in [0.25, 0.3) is 11.7 Å². The van der Waals surface area contributed by atoms with Crippen molar-refractivity contribution in [1.82, 2.24) is 14.3 Å². The molecular weight excluding hydrogens is 506 g/mol. The van der Waals surface area contributed by atoms with Crippen LogP contribution in [0.3, 0.4) is 0 Å². The number of thioether (sulfide) groups is 1. The number of fused-ring (bicyclic) bond motifs is 1. The standard InChI is InChI=1S/C28H23N3O4S2/c1-17-6-4-8-21(14-17)35-25-22(26(32)30-13-5-7-18(2)24(30)29-25)15-23-27(33)31(28(36)37-23)16-19-9-11-20(34-3)12-10-19/h4-15H,16H2,1-3H3/b23-15+. The molecule has 0 radical (unpaired) electrons. The largest absolute Gasteiger partial charge is 0.497 e. The Labute approximate surface area is 223 Å². The van der Waals surface area contributed by atoms with Gasteiger partial charge in [0.25, 0.3) is 11.5 Å². The van der Waals surface area contributed by atoms with E-state index in [0.717, 1.165) is 34.2 Å². The number of hydrogen-bond donors (Lipinski definition) is 0. The number of rotatable bonds is 6. The van der Waals surface area contributed by atoms with Crippen molar-refractivity contribution in [2.75, 3.05) is 7.11 Å². The number of benzene rings is 2. The predicted octanol–water partition coefficient (Wildman–Crippen LogP) is 5.51. The van der Waals surface area contributed by atoms with Gasteiger partial charge >= 0.3 is 0 Å². The van der Waals surface area contributed by atoms with E-state index >= 15 is 0 Å². The number of thiocarbonyl (C=S) groups is 1. The normalized spacial score (nSPS) is 14.6. The number of carbonyl (C=O) groups is 1. The minimum absolute atomic E-state index is 0.130. The Morgan fingerprint density at radius 3 is 2.54 bits per heavy atom. The summed E-state index contributed by atoms with van der Waals surface area (Å²) in [5.74, 6) is 1.13. The molecule has 7 nitrogen and oxygen atoms in total. The maximum Gasteiger partial charge on any atom is 0.269 e. The highest BCUT2D eigenvalue weighted by atomic mass is 32.2. The zero-order valence-corrected chi connectivity index (χ0v) is 22.1. The SMILES string of the molecule is COc1ccc(CN2C(=O)/C(=C\c3c(Oc4cccc(C)c4)nc4c(C)cccn4c3=O)SC2=S)cc1. The molecule has 0 atom stereocenters. The molecule has 1 fully saturated rings. The first-order chi connectivity index (χ1) is 17.8. The number of aromatic nitrogens is 2. The van der Waals surface area contributed by atoms with Gasteiger partial charge in [-0.2, -0.15) is 4.98 Å². The molecule has 0 N–H and O–H groups in total. The molecular formula is C28H23N3O4S2. The quantitative estimate of drug-likeness (QED) is 0.241. The van der Waals surface area contributed by atoms with Gasteiger partial charge in [-0.05, 0) is 66.9 Å². The number of ether oxygens (including phenoxy) is 2. The maximum atomic E-state index is 13.6. The van der Waals surface area contributed by atoms with Crippen LogP contribution in [-0.2, 0) is 11.3 Å². The number of amides is 1. The van der Waals surface area contributed by atoms with Crippen LogP contribution in [-0.4, -0.2) is 31.6 Å². The Kier molecular flexibility index (Phi) is 6.82. The zero-order valence-electron chi connectivity index (χ0n) is 20.4. The van der Waals surface area contributed by atoms with Gasteiger partial charge < -0.3 is 9.47 Å². The van der Waals surface area contributed by atoms with E-state index in [0.29, 0.717) is 27.2 Å². The molecule has 9 heteroatoms. The number of nitrogens with zero attached hydrogens (tertiary/aromatic N) is 3. The molecule has 37 heavy (non-hydrogen) atoms. The van der Waals surface area contributed by atoms with Crippen molar-refractivity contribution in [3.05, 3.63) is 104 Å². The van der Waals surface area contributed by atoms with Gasteiger partial charge in [0.2, 0.25) is 5.88 Å². The summed E-state index contributed by atoms with van der Waals surface area (Å²) in [6.45, 7) is 4.14. The van der Waals surface area contributed by atoms with E-state index in [2.05, 4.69) is 4.98 Å². The highest BCUT2D eigenvalue weighted by Crippen LogP contribution is 2.35. The van der Waals surface area contributed by atoms with E-state index in [1.54, 1.807) is 25.4 Å². The molecule has 2 aromatic heterocycles. The lowest BCUT2D eigenvalue weighted by Gasteiger charge is -2.14. The van der Waals surface area contributed by atoms with Crippen molar-refractivity contribution in [2.45, 2.75) is 20.4 Å². The first kappa shape index (κ1) is 24.7. The average molecular weight is 530 g/mol. The van der Waals surface area contributed by atoms with Crippen LogP contribution >= 0.6 is 24.0 Å². The first-order valence-electron chi connectivity index (χ1n) is 11.5. The van der Waals surface area contributed by atoms with Crippen LogP contribution in [0, 0.1) is 13.8 Å². The van der Waals surface area contributed by atoms with Crippen molar-refractivity contribution in [1.29, 1.82) is 0 Å². The number of methoxy groups -OCH3 is 1. The van der Waals surface area contributed by atoms with Gasteiger partial charge in [0.05, 0.1) is 18.6 Å². The molecule has 1 aliphatic heterocycles. The minimum Gasteiger partial charge on any atom is -0.497 e. The molecule has 0 aliphatic carbocycles. The highest BCUT2D eigenvalue weighted by molar-refractivity contribution is 8.26. The van der Waals surface area contributed by atoms with E-state index in [9.17, 15) is 9.59 Å². The van der Waals surface area contributed by atoms with Crippen molar-refractivity contribution in [2.24, 2.45) is 0 Å². The third kappa shape index (κ3) is 5.00. The van der Waals surface area contributed by atoms with Crippen molar-refractivity contribution in [3.8, 4) is 17.4 Å².